The monoisotopic (exact) mass is 482 g/mol. The summed E-state index contributed by atoms with van der Waals surface area (Å²) >= 11 is 0. The molecule has 4 atom stereocenters. The van der Waals surface area contributed by atoms with Crippen molar-refractivity contribution in [3.63, 3.8) is 0 Å². The Morgan fingerprint density at radius 2 is 0.808 bits per heavy atom. The van der Waals surface area contributed by atoms with E-state index in [9.17, 15) is 0 Å². The lowest BCUT2D eigenvalue weighted by molar-refractivity contribution is -0.374. The van der Waals surface area contributed by atoms with E-state index >= 15 is 0 Å². The lowest BCUT2D eigenvalue weighted by Gasteiger charge is -2.37. The van der Waals surface area contributed by atoms with Crippen molar-refractivity contribution in [2.24, 2.45) is 11.8 Å². The van der Waals surface area contributed by atoms with Crippen LogP contribution in [0.25, 0.3) is 0 Å². The van der Waals surface area contributed by atoms with Crippen LogP contribution in [0, 0.1) is 11.8 Å². The molecule has 0 aromatic heterocycles. The number of hydrogen-bond acceptors (Lipinski definition) is 10. The Labute approximate surface area is 179 Å². The zero-order valence-electron chi connectivity index (χ0n) is 17.4. The van der Waals surface area contributed by atoms with E-state index < -0.39 is 11.9 Å². The smallest absolute Gasteiger partial charge is 0.285 e. The normalized spacial score (nSPS) is 18.0. The molecule has 158 valence electrons. The van der Waals surface area contributed by atoms with Gasteiger partial charge in [-0.1, -0.05) is 35.4 Å². The van der Waals surface area contributed by atoms with E-state index in [0.717, 1.165) is 20.5 Å². The van der Waals surface area contributed by atoms with Crippen molar-refractivity contribution in [3.8, 4) is 0 Å². The molecule has 0 radical (unpaired) electrons. The van der Waals surface area contributed by atoms with Crippen molar-refractivity contribution < 1.29 is 28.4 Å². The van der Waals surface area contributed by atoms with Crippen LogP contribution in [0.1, 0.15) is 13.8 Å². The first-order chi connectivity index (χ1) is 12.2. The second-order valence-electron chi connectivity index (χ2n) is 5.75. The van der Waals surface area contributed by atoms with Crippen molar-refractivity contribution in [2.75, 3.05) is 42.7 Å². The maximum atomic E-state index is 5.48. The summed E-state index contributed by atoms with van der Waals surface area (Å²) < 4.78 is 32.9. The standard InChI is InChI=1S/C14H34O6S4Si2/c1-9(13(15-3,16-4)17-5)11(25)21-23-24-22-12(26)10(2)14(18-6,19-7)20-8/h9-12H,1-8,25-26H3. The summed E-state index contributed by atoms with van der Waals surface area (Å²) in [7, 11) is 18.9. The summed E-state index contributed by atoms with van der Waals surface area (Å²) in [5.41, 5.74) is 0. The highest BCUT2D eigenvalue weighted by Crippen LogP contribution is 2.49. The summed E-state index contributed by atoms with van der Waals surface area (Å²) in [5, 5.41) is 0. The molecule has 0 rings (SSSR count). The molecule has 0 aromatic carbocycles. The fraction of sp³-hybridized carbons (Fsp3) is 1.00. The van der Waals surface area contributed by atoms with Gasteiger partial charge < -0.3 is 28.4 Å². The summed E-state index contributed by atoms with van der Waals surface area (Å²) in [6, 6.07) is 0. The molecule has 26 heavy (non-hydrogen) atoms. The Morgan fingerprint density at radius 1 is 0.577 bits per heavy atom. The molecule has 0 bridgehead atoms. The van der Waals surface area contributed by atoms with Gasteiger partial charge >= 0.3 is 0 Å². The Bertz CT molecular complexity index is 327. The first kappa shape index (κ1) is 27.6. The van der Waals surface area contributed by atoms with Gasteiger partial charge in [-0.25, -0.2) is 0 Å². The number of methoxy groups -OCH3 is 6. The minimum absolute atomic E-state index is 0.117. The van der Waals surface area contributed by atoms with Crippen LogP contribution in [0.5, 0.6) is 0 Å². The first-order valence-corrected chi connectivity index (χ1v) is 15.5. The summed E-state index contributed by atoms with van der Waals surface area (Å²) in [4.78, 5) is 0.822. The molecule has 0 aliphatic rings. The predicted molar refractivity (Wildman–Crippen MR) is 124 cm³/mol. The average molecular weight is 483 g/mol. The SMILES string of the molecule is COC(OC)(OC)C(C)C([SiH3])SSSSC([SiH3])C(C)C(OC)(OC)OC. The molecule has 12 heteroatoms. The van der Waals surface area contributed by atoms with Gasteiger partial charge in [-0.05, 0) is 19.7 Å². The second-order valence-corrected chi connectivity index (χ2v) is 16.5. The van der Waals surface area contributed by atoms with Crippen molar-refractivity contribution >= 4 is 61.7 Å². The van der Waals surface area contributed by atoms with Crippen LogP contribution in [-0.2, 0) is 28.4 Å². The molecule has 0 aliphatic carbocycles. The molecule has 0 saturated carbocycles. The van der Waals surface area contributed by atoms with E-state index in [2.05, 4.69) is 13.8 Å². The molecule has 4 unspecified atom stereocenters. The lowest BCUT2D eigenvalue weighted by Crippen LogP contribution is -2.47. The Kier molecular flexibility index (Phi) is 14.6. The van der Waals surface area contributed by atoms with Gasteiger partial charge in [-0.3, -0.25) is 0 Å². The van der Waals surface area contributed by atoms with Crippen LogP contribution in [0.4, 0.5) is 0 Å². The summed E-state index contributed by atoms with van der Waals surface area (Å²) in [6.45, 7) is 4.20. The fourth-order valence-electron chi connectivity index (χ4n) is 2.51. The van der Waals surface area contributed by atoms with Crippen molar-refractivity contribution in [2.45, 2.75) is 35.5 Å². The van der Waals surface area contributed by atoms with Gasteiger partial charge in [-0.2, -0.15) is 0 Å². The molecular weight excluding hydrogens is 449 g/mol. The van der Waals surface area contributed by atoms with Gasteiger partial charge in [-0.15, -0.1) is 0 Å². The van der Waals surface area contributed by atoms with Crippen LogP contribution in [0.2, 0.25) is 0 Å². The fourth-order valence-corrected chi connectivity index (χ4v) is 15.0. The molecule has 0 spiro atoms. The third-order valence-electron chi connectivity index (χ3n) is 4.64. The molecule has 0 saturated heterocycles. The van der Waals surface area contributed by atoms with E-state index in [1.165, 1.54) is 0 Å². The van der Waals surface area contributed by atoms with Gasteiger partial charge in [0.2, 0.25) is 0 Å². The molecule has 0 aromatic rings. The minimum atomic E-state index is -0.985. The predicted octanol–water partition coefficient (Wildman–Crippen LogP) is 1.51. The minimum Gasteiger partial charge on any atom is -0.331 e. The van der Waals surface area contributed by atoms with Crippen LogP contribution in [-0.4, -0.2) is 84.8 Å². The van der Waals surface area contributed by atoms with E-state index in [4.69, 9.17) is 28.4 Å². The van der Waals surface area contributed by atoms with Crippen molar-refractivity contribution in [1.29, 1.82) is 0 Å². The largest absolute Gasteiger partial charge is 0.331 e. The van der Waals surface area contributed by atoms with Gasteiger partial charge in [0, 0.05) is 84.7 Å². The molecule has 0 amide bonds. The highest BCUT2D eigenvalue weighted by atomic mass is 33.7. The van der Waals surface area contributed by atoms with Crippen LogP contribution < -0.4 is 0 Å². The number of ether oxygens (including phenoxy) is 6. The number of rotatable bonds is 15. The molecule has 0 heterocycles. The molecule has 0 aliphatic heterocycles. The Hall–Kier alpha value is 1.59. The Balaban J connectivity index is 4.49. The van der Waals surface area contributed by atoms with Gasteiger partial charge in [0.15, 0.2) is 0 Å². The quantitative estimate of drug-likeness (QED) is 0.149. The van der Waals surface area contributed by atoms with Crippen molar-refractivity contribution in [3.05, 3.63) is 0 Å². The average Bonchev–Trinajstić information content (AvgIpc) is 2.68. The maximum Gasteiger partial charge on any atom is 0.285 e. The maximum absolute atomic E-state index is 5.48. The van der Waals surface area contributed by atoms with E-state index in [1.54, 1.807) is 62.3 Å². The third kappa shape index (κ3) is 7.13. The van der Waals surface area contributed by atoms with Gasteiger partial charge in [0.25, 0.3) is 11.9 Å². The van der Waals surface area contributed by atoms with Crippen molar-refractivity contribution in [1.82, 2.24) is 0 Å². The molecule has 0 N–H and O–H groups in total. The van der Waals surface area contributed by atoms with Gasteiger partial charge in [0.05, 0.1) is 0 Å². The van der Waals surface area contributed by atoms with E-state index in [1.807, 2.05) is 21.6 Å². The molecule has 6 nitrogen and oxygen atoms in total. The highest BCUT2D eigenvalue weighted by Gasteiger charge is 2.41. The first-order valence-electron chi connectivity index (χ1n) is 8.20. The van der Waals surface area contributed by atoms with E-state index in [0.29, 0.717) is 9.75 Å². The van der Waals surface area contributed by atoms with Crippen LogP contribution in [0.3, 0.4) is 0 Å². The Morgan fingerprint density at radius 3 is 1.00 bits per heavy atom. The zero-order chi connectivity index (χ0) is 20.4. The lowest BCUT2D eigenvalue weighted by atomic mass is 10.1. The molecular formula is C14H34O6S4Si2. The highest BCUT2D eigenvalue weighted by molar-refractivity contribution is 9.26. The van der Waals surface area contributed by atoms with Crippen LogP contribution in [0.15, 0.2) is 0 Å². The number of hydrogen-bond donors (Lipinski definition) is 0. The molecule has 0 fully saturated rings. The second kappa shape index (κ2) is 13.7. The third-order valence-corrected chi connectivity index (χ3v) is 17.6. The summed E-state index contributed by atoms with van der Waals surface area (Å²) in [6.07, 6.45) is 0. The zero-order valence-corrected chi connectivity index (χ0v) is 24.7. The van der Waals surface area contributed by atoms with Gasteiger partial charge in [0.1, 0.15) is 0 Å². The van der Waals surface area contributed by atoms with Crippen LogP contribution >= 0.6 is 41.2 Å². The van der Waals surface area contributed by atoms with E-state index in [-0.39, 0.29) is 11.8 Å². The summed E-state index contributed by atoms with van der Waals surface area (Å²) in [5.74, 6) is -1.74. The topological polar surface area (TPSA) is 55.4 Å².